The van der Waals surface area contributed by atoms with Crippen molar-refractivity contribution < 1.29 is 23.7 Å². The van der Waals surface area contributed by atoms with Crippen molar-refractivity contribution in [1.29, 1.82) is 0 Å². The highest BCUT2D eigenvalue weighted by Crippen LogP contribution is 2.31. The third-order valence-electron chi connectivity index (χ3n) is 3.88. The van der Waals surface area contributed by atoms with Gasteiger partial charge in [0.2, 0.25) is 6.10 Å². The molecule has 0 saturated carbocycles. The van der Waals surface area contributed by atoms with Crippen molar-refractivity contribution in [1.82, 2.24) is 5.32 Å². The molecule has 3 rings (SSSR count). The van der Waals surface area contributed by atoms with Gasteiger partial charge in [-0.15, -0.1) is 0 Å². The van der Waals surface area contributed by atoms with E-state index >= 15 is 0 Å². The van der Waals surface area contributed by atoms with E-state index in [1.165, 1.54) is 0 Å². The Morgan fingerprint density at radius 3 is 2.58 bits per heavy atom. The first-order valence-electron chi connectivity index (χ1n) is 8.76. The van der Waals surface area contributed by atoms with E-state index in [-0.39, 0.29) is 12.5 Å². The predicted octanol–water partition coefficient (Wildman–Crippen LogP) is 2.94. The zero-order chi connectivity index (χ0) is 18.4. The molecule has 1 heterocycles. The molecular weight excluding hydrogens is 334 g/mol. The van der Waals surface area contributed by atoms with Crippen LogP contribution < -0.4 is 24.3 Å². The molecule has 0 aromatic heterocycles. The van der Waals surface area contributed by atoms with Gasteiger partial charge in [0.25, 0.3) is 5.91 Å². The third kappa shape index (κ3) is 4.20. The summed E-state index contributed by atoms with van der Waals surface area (Å²) >= 11 is 0. The molecule has 26 heavy (non-hydrogen) atoms. The SMILES string of the molecule is CCOc1ccc(CNC(=O)[C@@H]2COc3ccccc3O2)cc1OCC. The second-order valence-electron chi connectivity index (χ2n) is 5.73. The number of benzene rings is 2. The number of ether oxygens (including phenoxy) is 4. The molecule has 2 aromatic rings. The maximum Gasteiger partial charge on any atom is 0.264 e. The number of hydrogen-bond donors (Lipinski definition) is 1. The average Bonchev–Trinajstić information content (AvgIpc) is 2.68. The van der Waals surface area contributed by atoms with Gasteiger partial charge in [-0.25, -0.2) is 0 Å². The van der Waals surface area contributed by atoms with Crippen molar-refractivity contribution in [2.75, 3.05) is 19.8 Å². The lowest BCUT2D eigenvalue weighted by Gasteiger charge is -2.25. The predicted molar refractivity (Wildman–Crippen MR) is 97.0 cm³/mol. The van der Waals surface area contributed by atoms with Crippen molar-refractivity contribution in [3.63, 3.8) is 0 Å². The van der Waals surface area contributed by atoms with E-state index < -0.39 is 6.10 Å². The molecule has 0 fully saturated rings. The minimum atomic E-state index is -0.668. The first-order chi connectivity index (χ1) is 12.7. The number of amides is 1. The van der Waals surface area contributed by atoms with E-state index in [1.807, 2.05) is 50.2 Å². The minimum absolute atomic E-state index is 0.191. The molecule has 0 aliphatic carbocycles. The lowest BCUT2D eigenvalue weighted by molar-refractivity contribution is -0.130. The fourth-order valence-corrected chi connectivity index (χ4v) is 2.66. The van der Waals surface area contributed by atoms with E-state index in [0.717, 1.165) is 5.56 Å². The van der Waals surface area contributed by atoms with Crippen molar-refractivity contribution in [3.05, 3.63) is 48.0 Å². The van der Waals surface area contributed by atoms with Crippen molar-refractivity contribution in [2.24, 2.45) is 0 Å². The zero-order valence-electron chi connectivity index (χ0n) is 15.0. The number of carbonyl (C=O) groups is 1. The van der Waals surface area contributed by atoms with Crippen molar-refractivity contribution in [2.45, 2.75) is 26.5 Å². The summed E-state index contributed by atoms with van der Waals surface area (Å²) in [6, 6.07) is 13.0. The Kier molecular flexibility index (Phi) is 5.84. The van der Waals surface area contributed by atoms with Gasteiger partial charge in [-0.1, -0.05) is 18.2 Å². The molecule has 0 spiro atoms. The van der Waals surface area contributed by atoms with Gasteiger partial charge >= 0.3 is 0 Å². The summed E-state index contributed by atoms with van der Waals surface area (Å²) in [7, 11) is 0. The lowest BCUT2D eigenvalue weighted by Crippen LogP contribution is -2.43. The monoisotopic (exact) mass is 357 g/mol. The molecule has 138 valence electrons. The van der Waals surface area contributed by atoms with E-state index in [0.29, 0.717) is 42.8 Å². The van der Waals surface area contributed by atoms with Gasteiger partial charge in [-0.05, 0) is 43.7 Å². The largest absolute Gasteiger partial charge is 0.490 e. The molecule has 0 bridgehead atoms. The number of para-hydroxylation sites is 2. The Bertz CT molecular complexity index is 762. The summed E-state index contributed by atoms with van der Waals surface area (Å²) in [5.41, 5.74) is 0.919. The Morgan fingerprint density at radius 2 is 1.81 bits per heavy atom. The number of rotatable bonds is 7. The molecule has 2 aromatic carbocycles. The molecule has 1 atom stereocenters. The maximum atomic E-state index is 12.4. The number of hydrogen-bond acceptors (Lipinski definition) is 5. The second kappa shape index (κ2) is 8.47. The van der Waals surface area contributed by atoms with Crippen LogP contribution in [0.15, 0.2) is 42.5 Å². The van der Waals surface area contributed by atoms with Crippen LogP contribution in [0.4, 0.5) is 0 Å². The first-order valence-corrected chi connectivity index (χ1v) is 8.76. The summed E-state index contributed by atoms with van der Waals surface area (Å²) in [6.45, 7) is 5.51. The standard InChI is InChI=1S/C20H23NO5/c1-3-23-16-10-9-14(11-18(16)24-4-2)12-21-20(22)19-13-25-15-7-5-6-8-17(15)26-19/h5-11,19H,3-4,12-13H2,1-2H3,(H,21,22)/t19-/m0/s1. The molecule has 1 aliphatic rings. The fraction of sp³-hybridized carbons (Fsp3) is 0.350. The van der Waals surface area contributed by atoms with Crippen LogP contribution in [0.1, 0.15) is 19.4 Å². The van der Waals surface area contributed by atoms with E-state index in [1.54, 1.807) is 6.07 Å². The highest BCUT2D eigenvalue weighted by Gasteiger charge is 2.27. The molecule has 0 radical (unpaired) electrons. The smallest absolute Gasteiger partial charge is 0.264 e. The maximum absolute atomic E-state index is 12.4. The van der Waals surface area contributed by atoms with Crippen LogP contribution in [0.3, 0.4) is 0 Å². The lowest BCUT2D eigenvalue weighted by atomic mass is 10.2. The Balaban J connectivity index is 1.60. The number of carbonyl (C=O) groups excluding carboxylic acids is 1. The number of nitrogens with one attached hydrogen (secondary N) is 1. The Hall–Kier alpha value is -2.89. The molecule has 0 unspecified atom stereocenters. The fourth-order valence-electron chi connectivity index (χ4n) is 2.66. The van der Waals surface area contributed by atoms with E-state index in [9.17, 15) is 4.79 Å². The minimum Gasteiger partial charge on any atom is -0.490 e. The van der Waals surface area contributed by atoms with Crippen LogP contribution in [-0.4, -0.2) is 31.8 Å². The van der Waals surface area contributed by atoms with Crippen LogP contribution >= 0.6 is 0 Å². The summed E-state index contributed by atoms with van der Waals surface area (Å²) in [5, 5.41) is 2.88. The van der Waals surface area contributed by atoms with E-state index in [4.69, 9.17) is 18.9 Å². The molecule has 1 N–H and O–H groups in total. The van der Waals surface area contributed by atoms with Crippen molar-refractivity contribution in [3.8, 4) is 23.0 Å². The summed E-state index contributed by atoms with van der Waals surface area (Å²) < 4.78 is 22.5. The van der Waals surface area contributed by atoms with Crippen LogP contribution in [0, 0.1) is 0 Å². The van der Waals surface area contributed by atoms with Gasteiger partial charge in [0.15, 0.2) is 23.0 Å². The quantitative estimate of drug-likeness (QED) is 0.825. The summed E-state index contributed by atoms with van der Waals surface area (Å²) in [5.74, 6) is 2.40. The van der Waals surface area contributed by atoms with Gasteiger partial charge in [-0.2, -0.15) is 0 Å². The first kappa shape index (κ1) is 17.9. The van der Waals surface area contributed by atoms with E-state index in [2.05, 4.69) is 5.32 Å². The van der Waals surface area contributed by atoms with Crippen LogP contribution in [0.5, 0.6) is 23.0 Å². The Labute approximate surface area is 153 Å². The summed E-state index contributed by atoms with van der Waals surface area (Å²) in [4.78, 5) is 12.4. The molecule has 6 heteroatoms. The normalized spacial score (nSPS) is 15.2. The zero-order valence-corrected chi connectivity index (χ0v) is 15.0. The third-order valence-corrected chi connectivity index (χ3v) is 3.88. The Morgan fingerprint density at radius 1 is 1.08 bits per heavy atom. The molecular formula is C20H23NO5. The van der Waals surface area contributed by atoms with Gasteiger partial charge in [0.1, 0.15) is 6.61 Å². The van der Waals surface area contributed by atoms with Gasteiger partial charge in [-0.3, -0.25) is 4.79 Å². The topological polar surface area (TPSA) is 66.0 Å². The number of fused-ring (bicyclic) bond motifs is 1. The van der Waals surface area contributed by atoms with Crippen molar-refractivity contribution >= 4 is 5.91 Å². The van der Waals surface area contributed by atoms with Crippen LogP contribution in [0.2, 0.25) is 0 Å². The van der Waals surface area contributed by atoms with Crippen LogP contribution in [0.25, 0.3) is 0 Å². The van der Waals surface area contributed by atoms with Gasteiger partial charge in [0.05, 0.1) is 13.2 Å². The van der Waals surface area contributed by atoms with Gasteiger partial charge in [0, 0.05) is 6.54 Å². The molecule has 1 amide bonds. The molecule has 1 aliphatic heterocycles. The molecule has 6 nitrogen and oxygen atoms in total. The summed E-state index contributed by atoms with van der Waals surface area (Å²) in [6.07, 6.45) is -0.668. The highest BCUT2D eigenvalue weighted by atomic mass is 16.6. The van der Waals surface area contributed by atoms with Crippen LogP contribution in [-0.2, 0) is 11.3 Å². The molecule has 0 saturated heterocycles. The highest BCUT2D eigenvalue weighted by molar-refractivity contribution is 5.81. The average molecular weight is 357 g/mol. The van der Waals surface area contributed by atoms with Gasteiger partial charge < -0.3 is 24.3 Å². The second-order valence-corrected chi connectivity index (χ2v) is 5.73.